The fraction of sp³-hybridized carbons (Fsp3) is 1.00. The summed E-state index contributed by atoms with van der Waals surface area (Å²) in [6, 6.07) is 1.29. The van der Waals surface area contributed by atoms with E-state index >= 15 is 0 Å². The Balaban J connectivity index is 2.51. The van der Waals surface area contributed by atoms with Crippen molar-refractivity contribution >= 4 is 0 Å². The van der Waals surface area contributed by atoms with Crippen molar-refractivity contribution in [2.24, 2.45) is 11.8 Å². The summed E-state index contributed by atoms with van der Waals surface area (Å²) in [6.45, 7) is 13.0. The van der Waals surface area contributed by atoms with Gasteiger partial charge in [0.25, 0.3) is 0 Å². The Morgan fingerprint density at radius 2 is 2.00 bits per heavy atom. The molecule has 0 bridgehead atoms. The maximum absolute atomic E-state index is 8.86. The number of rotatable bonds is 7. The van der Waals surface area contributed by atoms with E-state index in [0.29, 0.717) is 18.7 Å². The molecule has 0 radical (unpaired) electrons. The molecule has 108 valence electrons. The summed E-state index contributed by atoms with van der Waals surface area (Å²) < 4.78 is 0. The van der Waals surface area contributed by atoms with E-state index in [1.165, 1.54) is 25.9 Å². The van der Waals surface area contributed by atoms with Crippen LogP contribution in [0.1, 0.15) is 47.0 Å². The van der Waals surface area contributed by atoms with Gasteiger partial charge in [-0.1, -0.05) is 20.8 Å². The number of nitrogens with zero attached hydrogens (tertiary/aromatic N) is 1. The third kappa shape index (κ3) is 4.87. The fourth-order valence-electron chi connectivity index (χ4n) is 2.81. The summed E-state index contributed by atoms with van der Waals surface area (Å²) >= 11 is 0. The van der Waals surface area contributed by atoms with Gasteiger partial charge in [0.05, 0.1) is 0 Å². The van der Waals surface area contributed by atoms with Gasteiger partial charge >= 0.3 is 0 Å². The zero-order valence-corrected chi connectivity index (χ0v) is 12.7. The van der Waals surface area contributed by atoms with Crippen molar-refractivity contribution in [2.75, 3.05) is 26.2 Å². The van der Waals surface area contributed by atoms with Crippen LogP contribution in [0.15, 0.2) is 0 Å². The van der Waals surface area contributed by atoms with Gasteiger partial charge in [-0.05, 0) is 44.6 Å². The minimum absolute atomic E-state index is 0.294. The van der Waals surface area contributed by atoms with Crippen LogP contribution in [-0.4, -0.2) is 48.3 Å². The maximum atomic E-state index is 8.86. The molecule has 1 fully saturated rings. The highest BCUT2D eigenvalue weighted by molar-refractivity contribution is 4.86. The molecule has 1 heterocycles. The van der Waals surface area contributed by atoms with E-state index in [1.807, 2.05) is 0 Å². The molecule has 0 aromatic heterocycles. The monoisotopic (exact) mass is 256 g/mol. The Labute approximate surface area is 113 Å². The summed E-state index contributed by atoms with van der Waals surface area (Å²) in [7, 11) is 0. The number of nitrogens with one attached hydrogen (secondary N) is 1. The molecule has 18 heavy (non-hydrogen) atoms. The van der Waals surface area contributed by atoms with Crippen molar-refractivity contribution in [1.82, 2.24) is 10.2 Å². The zero-order chi connectivity index (χ0) is 13.5. The molecule has 1 aliphatic rings. The average Bonchev–Trinajstić information content (AvgIpc) is 2.37. The summed E-state index contributed by atoms with van der Waals surface area (Å²) in [6.07, 6.45) is 3.39. The summed E-state index contributed by atoms with van der Waals surface area (Å²) in [4.78, 5) is 2.64. The molecule has 3 unspecified atom stereocenters. The molecule has 1 saturated heterocycles. The van der Waals surface area contributed by atoms with E-state index in [0.717, 1.165) is 24.8 Å². The minimum Gasteiger partial charge on any atom is -0.396 e. The summed E-state index contributed by atoms with van der Waals surface area (Å²) in [5.41, 5.74) is 0. The molecule has 0 amide bonds. The summed E-state index contributed by atoms with van der Waals surface area (Å²) in [5.74, 6) is 1.57. The second kappa shape index (κ2) is 8.13. The standard InChI is InChI=1S/C15H32N2O/c1-5-13(4)17-10-14(12(2)3)9-15(11-17)16-7-6-8-18/h12-16,18H,5-11H2,1-4H3. The highest BCUT2D eigenvalue weighted by Gasteiger charge is 2.30. The van der Waals surface area contributed by atoms with E-state index in [4.69, 9.17) is 5.11 Å². The molecular formula is C15H32N2O. The molecule has 0 aromatic carbocycles. The molecule has 0 aromatic rings. The third-order valence-electron chi connectivity index (χ3n) is 4.44. The van der Waals surface area contributed by atoms with Crippen molar-refractivity contribution in [2.45, 2.75) is 59.0 Å². The lowest BCUT2D eigenvalue weighted by molar-refractivity contribution is 0.0822. The molecule has 0 aliphatic carbocycles. The van der Waals surface area contributed by atoms with Crippen molar-refractivity contribution in [3.8, 4) is 0 Å². The van der Waals surface area contributed by atoms with Crippen LogP contribution in [0, 0.1) is 11.8 Å². The first-order valence-corrected chi connectivity index (χ1v) is 7.66. The topological polar surface area (TPSA) is 35.5 Å². The lowest BCUT2D eigenvalue weighted by Gasteiger charge is -2.42. The molecule has 1 rings (SSSR count). The lowest BCUT2D eigenvalue weighted by Crippen LogP contribution is -2.53. The van der Waals surface area contributed by atoms with E-state index in [2.05, 4.69) is 37.9 Å². The number of hydrogen-bond acceptors (Lipinski definition) is 3. The van der Waals surface area contributed by atoms with Gasteiger partial charge in [0.2, 0.25) is 0 Å². The average molecular weight is 256 g/mol. The molecule has 2 N–H and O–H groups in total. The van der Waals surface area contributed by atoms with Crippen molar-refractivity contribution in [3.05, 3.63) is 0 Å². The first-order chi connectivity index (χ1) is 8.58. The number of aliphatic hydroxyl groups excluding tert-OH is 1. The van der Waals surface area contributed by atoms with Gasteiger partial charge in [-0.15, -0.1) is 0 Å². The first kappa shape index (κ1) is 15.9. The van der Waals surface area contributed by atoms with Gasteiger partial charge in [-0.25, -0.2) is 0 Å². The van der Waals surface area contributed by atoms with Gasteiger partial charge < -0.3 is 10.4 Å². The van der Waals surface area contributed by atoms with Crippen LogP contribution in [0.2, 0.25) is 0 Å². The third-order valence-corrected chi connectivity index (χ3v) is 4.44. The second-order valence-electron chi connectivity index (χ2n) is 6.18. The minimum atomic E-state index is 0.294. The van der Waals surface area contributed by atoms with Gasteiger partial charge in [0.15, 0.2) is 0 Å². The Kier molecular flexibility index (Phi) is 7.20. The van der Waals surface area contributed by atoms with E-state index < -0.39 is 0 Å². The van der Waals surface area contributed by atoms with Crippen molar-refractivity contribution in [3.63, 3.8) is 0 Å². The Morgan fingerprint density at radius 1 is 1.28 bits per heavy atom. The van der Waals surface area contributed by atoms with Crippen LogP contribution in [0.4, 0.5) is 0 Å². The van der Waals surface area contributed by atoms with Crippen molar-refractivity contribution in [1.29, 1.82) is 0 Å². The SMILES string of the molecule is CCC(C)N1CC(NCCCO)CC(C(C)C)C1. The van der Waals surface area contributed by atoms with Gasteiger partial charge in [0, 0.05) is 31.8 Å². The van der Waals surface area contributed by atoms with Crippen molar-refractivity contribution < 1.29 is 5.11 Å². The number of aliphatic hydroxyl groups is 1. The Hall–Kier alpha value is -0.120. The fourth-order valence-corrected chi connectivity index (χ4v) is 2.81. The number of likely N-dealkylation sites (tertiary alicyclic amines) is 1. The summed E-state index contributed by atoms with van der Waals surface area (Å²) in [5, 5.41) is 12.5. The zero-order valence-electron chi connectivity index (χ0n) is 12.7. The molecule has 1 aliphatic heterocycles. The van der Waals surface area contributed by atoms with Crippen LogP contribution in [0.5, 0.6) is 0 Å². The van der Waals surface area contributed by atoms with Crippen LogP contribution < -0.4 is 5.32 Å². The number of hydrogen-bond donors (Lipinski definition) is 2. The second-order valence-corrected chi connectivity index (χ2v) is 6.18. The molecule has 0 spiro atoms. The predicted octanol–water partition coefficient (Wildman–Crippen LogP) is 2.10. The molecular weight excluding hydrogens is 224 g/mol. The molecule has 0 saturated carbocycles. The highest BCUT2D eigenvalue weighted by atomic mass is 16.3. The predicted molar refractivity (Wildman–Crippen MR) is 77.8 cm³/mol. The molecule has 3 heteroatoms. The lowest BCUT2D eigenvalue weighted by atomic mass is 9.84. The Bertz CT molecular complexity index is 221. The first-order valence-electron chi connectivity index (χ1n) is 7.66. The van der Waals surface area contributed by atoms with E-state index in [1.54, 1.807) is 0 Å². The van der Waals surface area contributed by atoms with Gasteiger partial charge in [0.1, 0.15) is 0 Å². The smallest absolute Gasteiger partial charge is 0.0443 e. The van der Waals surface area contributed by atoms with Gasteiger partial charge in [-0.2, -0.15) is 0 Å². The maximum Gasteiger partial charge on any atom is 0.0443 e. The highest BCUT2D eigenvalue weighted by Crippen LogP contribution is 2.25. The van der Waals surface area contributed by atoms with Crippen LogP contribution in [0.25, 0.3) is 0 Å². The normalized spacial score (nSPS) is 27.7. The molecule has 3 atom stereocenters. The van der Waals surface area contributed by atoms with Gasteiger partial charge in [-0.3, -0.25) is 4.90 Å². The largest absolute Gasteiger partial charge is 0.396 e. The van der Waals surface area contributed by atoms with Crippen LogP contribution in [-0.2, 0) is 0 Å². The van der Waals surface area contributed by atoms with Crippen LogP contribution >= 0.6 is 0 Å². The Morgan fingerprint density at radius 3 is 2.56 bits per heavy atom. The quantitative estimate of drug-likeness (QED) is 0.685. The van der Waals surface area contributed by atoms with E-state index in [9.17, 15) is 0 Å². The number of piperidine rings is 1. The molecule has 3 nitrogen and oxygen atoms in total. The van der Waals surface area contributed by atoms with Crippen LogP contribution in [0.3, 0.4) is 0 Å². The van der Waals surface area contributed by atoms with E-state index in [-0.39, 0.29) is 0 Å².